The van der Waals surface area contributed by atoms with Gasteiger partial charge in [0.25, 0.3) is 5.67 Å². The van der Waals surface area contributed by atoms with E-state index in [-0.39, 0.29) is 11.9 Å². The molecule has 0 heterocycles. The Kier molecular flexibility index (Phi) is 27.2. The van der Waals surface area contributed by atoms with E-state index in [1.807, 2.05) is 0 Å². The maximum Gasteiger partial charge on any atom is 0.431 e. The number of esters is 3. The van der Waals surface area contributed by atoms with Crippen molar-refractivity contribution in [1.29, 1.82) is 0 Å². The molecule has 0 saturated heterocycles. The van der Waals surface area contributed by atoms with Crippen molar-refractivity contribution in [3.05, 3.63) is 24.8 Å². The van der Waals surface area contributed by atoms with Crippen LogP contribution in [0.25, 0.3) is 0 Å². The Labute approximate surface area is 273 Å². The van der Waals surface area contributed by atoms with Crippen molar-refractivity contribution in [2.75, 3.05) is 32.1 Å². The molecule has 278 valence electrons. The number of nitrogens with one attached hydrogen (secondary N) is 1. The van der Waals surface area contributed by atoms with E-state index >= 15 is 0 Å². The zero-order chi connectivity index (χ0) is 37.2. The molecular weight excluding hydrogens is 667 g/mol. The number of carbonyl (C=O) groups excluding carboxylic acids is 3. The molecule has 0 bridgehead atoms. The molecule has 0 aromatic carbocycles. The second kappa shape index (κ2) is 26.3. The number of ether oxygens (including phenoxy) is 3. The van der Waals surface area contributed by atoms with Crippen LogP contribution in [-0.4, -0.2) is 76.5 Å². The third-order valence-electron chi connectivity index (χ3n) is 5.88. The monoisotopic (exact) mass is 717 g/mol. The van der Waals surface area contributed by atoms with Gasteiger partial charge >= 0.3 is 30.3 Å². The third-order valence-corrected chi connectivity index (χ3v) is 7.26. The molecule has 0 saturated carbocycles. The number of carbonyl (C=O) groups is 3. The molecule has 0 spiro atoms. The predicted octanol–water partition coefficient (Wildman–Crippen LogP) is 7.45. The molecule has 0 aromatic rings. The van der Waals surface area contributed by atoms with E-state index in [1.54, 1.807) is 18.6 Å². The van der Waals surface area contributed by atoms with Crippen LogP contribution in [0.5, 0.6) is 0 Å². The minimum absolute atomic E-state index is 0.211. The predicted molar refractivity (Wildman–Crippen MR) is 163 cm³/mol. The topological polar surface area (TPSA) is 125 Å². The van der Waals surface area contributed by atoms with E-state index in [0.29, 0.717) is 18.8 Å². The Morgan fingerprint density at radius 2 is 1.21 bits per heavy atom. The largest absolute Gasteiger partial charge is 0.466 e. The van der Waals surface area contributed by atoms with Gasteiger partial charge in [-0.2, -0.15) is 26.3 Å². The summed E-state index contributed by atoms with van der Waals surface area (Å²) in [5, 5.41) is 0. The second-order valence-corrected chi connectivity index (χ2v) is 12.1. The maximum atomic E-state index is 13.3. The summed E-state index contributed by atoms with van der Waals surface area (Å²) in [4.78, 5) is 31.5. The van der Waals surface area contributed by atoms with Crippen molar-refractivity contribution in [2.45, 2.75) is 116 Å². The minimum atomic E-state index is -6.32. The molecule has 0 aliphatic heterocycles. The summed E-state index contributed by atoms with van der Waals surface area (Å²) < 4.78 is 125. The van der Waals surface area contributed by atoms with Crippen LogP contribution in [0.4, 0.5) is 30.7 Å². The first kappa shape index (κ1) is 48.7. The van der Waals surface area contributed by atoms with Crippen molar-refractivity contribution in [2.24, 2.45) is 0 Å². The number of unbranched alkanes of at least 4 members (excludes halogenated alkanes) is 9. The Hall–Kier alpha value is -2.69. The van der Waals surface area contributed by atoms with E-state index in [9.17, 15) is 53.5 Å². The van der Waals surface area contributed by atoms with Crippen LogP contribution in [0.3, 0.4) is 0 Å². The molecule has 0 atom stereocenters. The van der Waals surface area contributed by atoms with Gasteiger partial charge in [0.15, 0.2) is 0 Å². The van der Waals surface area contributed by atoms with Crippen molar-refractivity contribution < 1.29 is 67.7 Å². The van der Waals surface area contributed by atoms with Crippen LogP contribution < -0.4 is 4.72 Å². The molecule has 47 heavy (non-hydrogen) atoms. The lowest BCUT2D eigenvalue weighted by Gasteiger charge is -2.29. The number of hydrogen-bond acceptors (Lipinski definition) is 8. The van der Waals surface area contributed by atoms with Crippen LogP contribution in [-0.2, 0) is 38.6 Å². The van der Waals surface area contributed by atoms with Gasteiger partial charge in [0, 0.05) is 31.5 Å². The van der Waals surface area contributed by atoms with Crippen LogP contribution >= 0.6 is 0 Å². The molecule has 1 N–H and O–H groups in total. The zero-order valence-corrected chi connectivity index (χ0v) is 28.4. The number of alkyl halides is 7. The average molecular weight is 718 g/mol. The molecule has 17 heteroatoms. The highest BCUT2D eigenvalue weighted by atomic mass is 32.2. The highest BCUT2D eigenvalue weighted by Crippen LogP contribution is 2.48. The van der Waals surface area contributed by atoms with Crippen LogP contribution in [0.1, 0.15) is 98.3 Å². The summed E-state index contributed by atoms with van der Waals surface area (Å²) in [5.74, 6) is -3.15. The standard InChI is InChI=1S/C16H30O2.C10H12F7NO4S.C4H8O2/c1-4-5-6-7-8-9-10-11-12-13-14-18-16(17)15(2)3;1-2-7(19)22-5-4-18-23(20,21)6-3-8(11,9(12,13)14)10(15,16)17;1-3-6-4(2)5/h2,4-14H2,1,3H3;2,18H,1,3-6H2;3H2,1-2H3. The van der Waals surface area contributed by atoms with Gasteiger partial charge in [-0.3, -0.25) is 4.79 Å². The van der Waals surface area contributed by atoms with E-state index in [1.165, 1.54) is 64.7 Å². The second-order valence-electron chi connectivity index (χ2n) is 10.2. The summed E-state index contributed by atoms with van der Waals surface area (Å²) >= 11 is 0. The fraction of sp³-hybridized carbons (Fsp3) is 0.767. The van der Waals surface area contributed by atoms with Gasteiger partial charge in [0.05, 0.1) is 19.0 Å². The maximum absolute atomic E-state index is 13.3. The number of hydrogen-bond donors (Lipinski definition) is 1. The Balaban J connectivity index is -0.000000715. The van der Waals surface area contributed by atoms with Crippen molar-refractivity contribution >= 4 is 27.9 Å². The fourth-order valence-electron chi connectivity index (χ4n) is 3.28. The SMILES string of the molecule is C=C(C)C(=O)OCCCCCCCCCCCC.C=CC(=O)OCCNS(=O)(=O)CCC(F)(C(F)(F)F)C(F)(F)F.CCOC(C)=O. The van der Waals surface area contributed by atoms with E-state index in [2.05, 4.69) is 29.6 Å². The molecule has 0 fully saturated rings. The Bertz CT molecular complexity index is 1000. The van der Waals surface area contributed by atoms with Crippen molar-refractivity contribution in [1.82, 2.24) is 4.72 Å². The summed E-state index contributed by atoms with van der Waals surface area (Å²) in [6, 6.07) is 0. The molecule has 0 radical (unpaired) electrons. The summed E-state index contributed by atoms with van der Waals surface area (Å²) in [5.41, 5.74) is -5.16. The first-order valence-corrected chi connectivity index (χ1v) is 16.8. The van der Waals surface area contributed by atoms with Gasteiger partial charge < -0.3 is 14.2 Å². The fourth-order valence-corrected chi connectivity index (χ4v) is 4.37. The van der Waals surface area contributed by atoms with Crippen LogP contribution in [0.15, 0.2) is 24.8 Å². The van der Waals surface area contributed by atoms with Gasteiger partial charge in [-0.1, -0.05) is 77.9 Å². The van der Waals surface area contributed by atoms with Crippen LogP contribution in [0, 0.1) is 0 Å². The van der Waals surface area contributed by atoms with Gasteiger partial charge in [-0.15, -0.1) is 0 Å². The van der Waals surface area contributed by atoms with Gasteiger partial charge in [0.1, 0.15) is 6.61 Å². The number of rotatable bonds is 21. The highest BCUT2D eigenvalue weighted by molar-refractivity contribution is 7.89. The van der Waals surface area contributed by atoms with Gasteiger partial charge in [-0.25, -0.2) is 27.1 Å². The van der Waals surface area contributed by atoms with Gasteiger partial charge in [0.2, 0.25) is 10.0 Å². The van der Waals surface area contributed by atoms with Crippen LogP contribution in [0.2, 0.25) is 0 Å². The number of sulfonamides is 1. The lowest BCUT2D eigenvalue weighted by molar-refractivity contribution is -0.341. The highest BCUT2D eigenvalue weighted by Gasteiger charge is 2.72. The van der Waals surface area contributed by atoms with E-state index in [4.69, 9.17) is 4.74 Å². The van der Waals surface area contributed by atoms with E-state index in [0.717, 1.165) is 12.5 Å². The van der Waals surface area contributed by atoms with Crippen molar-refractivity contribution in [3.8, 4) is 0 Å². The first-order valence-electron chi connectivity index (χ1n) is 15.2. The molecular formula is C30H50F7NO8S. The summed E-state index contributed by atoms with van der Waals surface area (Å²) in [6.45, 7) is 13.6. The quantitative estimate of drug-likeness (QED) is 0.0427. The lowest BCUT2D eigenvalue weighted by atomic mass is 10.0. The normalized spacial score (nSPS) is 11.6. The van der Waals surface area contributed by atoms with Crippen molar-refractivity contribution in [3.63, 3.8) is 0 Å². The smallest absolute Gasteiger partial charge is 0.431 e. The number of halogens is 7. The molecule has 0 aromatic heterocycles. The Morgan fingerprint density at radius 1 is 0.745 bits per heavy atom. The molecule has 9 nitrogen and oxygen atoms in total. The molecule has 0 rings (SSSR count). The first-order chi connectivity index (χ1) is 21.6. The zero-order valence-electron chi connectivity index (χ0n) is 27.6. The minimum Gasteiger partial charge on any atom is -0.466 e. The van der Waals surface area contributed by atoms with E-state index < -0.39 is 59.3 Å². The average Bonchev–Trinajstić information content (AvgIpc) is 2.96. The summed E-state index contributed by atoms with van der Waals surface area (Å²) in [7, 11) is -4.65. The third kappa shape index (κ3) is 27.0. The molecule has 0 amide bonds. The Morgan fingerprint density at radius 3 is 1.57 bits per heavy atom. The summed E-state index contributed by atoms with van der Waals surface area (Å²) in [6.07, 6.45) is -1.29. The molecule has 0 aliphatic carbocycles. The molecule has 0 unspecified atom stereocenters. The molecule has 0 aliphatic rings. The van der Waals surface area contributed by atoms with Gasteiger partial charge in [-0.05, 0) is 20.3 Å². The lowest BCUT2D eigenvalue weighted by Crippen LogP contribution is -2.54.